The summed E-state index contributed by atoms with van der Waals surface area (Å²) >= 11 is 0. The van der Waals surface area contributed by atoms with E-state index in [0.717, 1.165) is 30.5 Å². The van der Waals surface area contributed by atoms with E-state index >= 15 is 0 Å². The maximum absolute atomic E-state index is 12.3. The Hall–Kier alpha value is -3.15. The normalized spacial score (nSPS) is 14.9. The summed E-state index contributed by atoms with van der Waals surface area (Å²) in [5.74, 6) is 0.436. The Kier molecular flexibility index (Phi) is 4.39. The minimum absolute atomic E-state index is 0.0921. The molecule has 1 fully saturated rings. The number of hydrogen-bond donors (Lipinski definition) is 3. The lowest BCUT2D eigenvalue weighted by Crippen LogP contribution is -2.38. The number of pyridine rings is 1. The van der Waals surface area contributed by atoms with Crippen molar-refractivity contribution in [3.63, 3.8) is 0 Å². The van der Waals surface area contributed by atoms with Crippen LogP contribution >= 0.6 is 0 Å². The molecule has 3 N–H and O–H groups in total. The van der Waals surface area contributed by atoms with Gasteiger partial charge in [-0.15, -0.1) is 0 Å². The van der Waals surface area contributed by atoms with Crippen LogP contribution < -0.4 is 27.1 Å². The number of hydrogen-bond acceptors (Lipinski definition) is 5. The molecule has 1 aromatic heterocycles. The van der Waals surface area contributed by atoms with E-state index in [-0.39, 0.29) is 28.7 Å². The van der Waals surface area contributed by atoms with Crippen LogP contribution in [-0.4, -0.2) is 4.98 Å². The van der Waals surface area contributed by atoms with E-state index in [1.807, 2.05) is 43.3 Å². The van der Waals surface area contributed by atoms with Crippen molar-refractivity contribution in [3.8, 4) is 0 Å². The average Bonchev–Trinajstić information content (AvgIpc) is 3.54. The lowest BCUT2D eigenvalue weighted by atomic mass is 10.0. The van der Waals surface area contributed by atoms with Crippen molar-refractivity contribution >= 4 is 17.1 Å². The Morgan fingerprint density at radius 2 is 1.70 bits per heavy atom. The van der Waals surface area contributed by atoms with Gasteiger partial charge in [-0.3, -0.25) is 14.4 Å². The molecule has 138 valence electrons. The topological polar surface area (TPSA) is 91.1 Å². The molecular formula is C21H21N3O3. The maximum atomic E-state index is 12.3. The SMILES string of the molecule is CCC(Nc1c(Nc2ccc(C3CC3)[nH]c2=O)c(=O)c1=O)c1ccccc1. The molecule has 0 saturated heterocycles. The Bertz CT molecular complexity index is 1090. The van der Waals surface area contributed by atoms with Crippen molar-refractivity contribution in [1.82, 2.24) is 4.98 Å². The molecule has 27 heavy (non-hydrogen) atoms. The summed E-state index contributed by atoms with van der Waals surface area (Å²) in [6.07, 6.45) is 2.93. The molecule has 6 heteroatoms. The van der Waals surface area contributed by atoms with Gasteiger partial charge in [-0.05, 0) is 42.9 Å². The summed E-state index contributed by atoms with van der Waals surface area (Å²) in [6.45, 7) is 2.00. The smallest absolute Gasteiger partial charge is 0.271 e. The van der Waals surface area contributed by atoms with Gasteiger partial charge in [-0.2, -0.15) is 0 Å². The van der Waals surface area contributed by atoms with Crippen LogP contribution in [0.25, 0.3) is 0 Å². The highest BCUT2D eigenvalue weighted by molar-refractivity contribution is 5.78. The fraction of sp³-hybridized carbons (Fsp3) is 0.286. The molecule has 1 unspecified atom stereocenters. The largest absolute Gasteiger partial charge is 0.373 e. The first kappa shape index (κ1) is 17.3. The predicted molar refractivity (Wildman–Crippen MR) is 107 cm³/mol. The van der Waals surface area contributed by atoms with Gasteiger partial charge in [0.2, 0.25) is 0 Å². The second kappa shape index (κ2) is 6.87. The number of H-pyrrole nitrogens is 1. The number of nitrogens with one attached hydrogen (secondary N) is 3. The number of rotatable bonds is 7. The third-order valence-corrected chi connectivity index (χ3v) is 5.05. The van der Waals surface area contributed by atoms with Crippen LogP contribution in [0.4, 0.5) is 17.1 Å². The zero-order valence-electron chi connectivity index (χ0n) is 15.0. The molecule has 4 rings (SSSR count). The van der Waals surface area contributed by atoms with Crippen molar-refractivity contribution in [2.45, 2.75) is 38.1 Å². The quantitative estimate of drug-likeness (QED) is 0.561. The minimum atomic E-state index is -0.605. The Balaban J connectivity index is 1.58. The summed E-state index contributed by atoms with van der Waals surface area (Å²) < 4.78 is 0. The standard InChI is InChI=1S/C21H21N3O3/c1-2-14(12-6-4-3-5-7-12)22-17-18(20(26)19(17)25)23-16-11-10-15(13-8-9-13)24-21(16)27/h3-7,10-11,13-14,22-23H,2,8-9H2,1H3,(H,24,27). The monoisotopic (exact) mass is 363 g/mol. The Morgan fingerprint density at radius 1 is 1.00 bits per heavy atom. The van der Waals surface area contributed by atoms with Gasteiger partial charge in [-0.1, -0.05) is 37.3 Å². The van der Waals surface area contributed by atoms with E-state index < -0.39 is 10.9 Å². The molecule has 1 atom stereocenters. The molecule has 0 bridgehead atoms. The van der Waals surface area contributed by atoms with Gasteiger partial charge < -0.3 is 15.6 Å². The van der Waals surface area contributed by atoms with E-state index in [1.54, 1.807) is 6.07 Å². The van der Waals surface area contributed by atoms with E-state index in [2.05, 4.69) is 15.6 Å². The van der Waals surface area contributed by atoms with E-state index in [9.17, 15) is 14.4 Å². The molecule has 0 aliphatic heterocycles. The Labute approximate surface area is 156 Å². The second-order valence-corrected chi connectivity index (χ2v) is 6.98. The van der Waals surface area contributed by atoms with Crippen LogP contribution in [0.1, 0.15) is 49.4 Å². The van der Waals surface area contributed by atoms with E-state index in [4.69, 9.17) is 0 Å². The lowest BCUT2D eigenvalue weighted by Gasteiger charge is -2.22. The fourth-order valence-corrected chi connectivity index (χ4v) is 3.28. The van der Waals surface area contributed by atoms with Crippen LogP contribution in [0.5, 0.6) is 0 Å². The zero-order valence-corrected chi connectivity index (χ0v) is 15.0. The molecule has 6 nitrogen and oxygen atoms in total. The first-order valence-electron chi connectivity index (χ1n) is 9.23. The van der Waals surface area contributed by atoms with Gasteiger partial charge in [0.1, 0.15) is 17.1 Å². The molecule has 1 aliphatic carbocycles. The van der Waals surface area contributed by atoms with Crippen molar-refractivity contribution in [2.24, 2.45) is 0 Å². The fourth-order valence-electron chi connectivity index (χ4n) is 3.28. The lowest BCUT2D eigenvalue weighted by molar-refractivity contribution is 0.747. The van der Waals surface area contributed by atoms with Crippen LogP contribution in [-0.2, 0) is 0 Å². The highest BCUT2D eigenvalue weighted by Crippen LogP contribution is 2.38. The first-order valence-corrected chi connectivity index (χ1v) is 9.23. The van der Waals surface area contributed by atoms with Crippen molar-refractivity contribution in [2.75, 3.05) is 10.6 Å². The van der Waals surface area contributed by atoms with E-state index in [1.165, 1.54) is 0 Å². The summed E-state index contributed by atoms with van der Waals surface area (Å²) in [7, 11) is 0. The predicted octanol–water partition coefficient (Wildman–Crippen LogP) is 3.16. The molecule has 0 spiro atoms. The van der Waals surface area contributed by atoms with Gasteiger partial charge >= 0.3 is 0 Å². The van der Waals surface area contributed by atoms with Crippen molar-refractivity contribution < 1.29 is 0 Å². The average molecular weight is 363 g/mol. The van der Waals surface area contributed by atoms with Gasteiger partial charge in [0.25, 0.3) is 16.4 Å². The van der Waals surface area contributed by atoms with Crippen LogP contribution in [0.15, 0.2) is 56.8 Å². The molecule has 2 aromatic carbocycles. The van der Waals surface area contributed by atoms with Gasteiger partial charge in [0.05, 0.1) is 6.04 Å². The molecule has 0 amide bonds. The summed E-state index contributed by atoms with van der Waals surface area (Å²) in [5, 5.41) is 6.01. The molecular weight excluding hydrogens is 342 g/mol. The zero-order chi connectivity index (χ0) is 19.0. The molecule has 1 aliphatic rings. The van der Waals surface area contributed by atoms with Crippen LogP contribution in [0, 0.1) is 0 Å². The number of aromatic amines is 1. The number of benzene rings is 1. The van der Waals surface area contributed by atoms with Gasteiger partial charge in [-0.25, -0.2) is 0 Å². The highest BCUT2D eigenvalue weighted by atomic mass is 16.2. The van der Waals surface area contributed by atoms with Gasteiger partial charge in [0, 0.05) is 5.69 Å². The third-order valence-electron chi connectivity index (χ3n) is 5.05. The summed E-state index contributed by atoms with van der Waals surface area (Å²) in [5.41, 5.74) is 1.16. The molecule has 3 aromatic rings. The summed E-state index contributed by atoms with van der Waals surface area (Å²) in [4.78, 5) is 39.3. The Morgan fingerprint density at radius 3 is 2.33 bits per heavy atom. The third kappa shape index (κ3) is 3.30. The minimum Gasteiger partial charge on any atom is -0.373 e. The van der Waals surface area contributed by atoms with Crippen molar-refractivity contribution in [1.29, 1.82) is 0 Å². The molecule has 1 heterocycles. The number of anilines is 3. The second-order valence-electron chi connectivity index (χ2n) is 6.98. The van der Waals surface area contributed by atoms with Crippen molar-refractivity contribution in [3.05, 3.63) is 84.5 Å². The van der Waals surface area contributed by atoms with Gasteiger partial charge in [0.15, 0.2) is 0 Å². The molecule has 0 radical (unpaired) electrons. The summed E-state index contributed by atoms with van der Waals surface area (Å²) in [6, 6.07) is 13.2. The molecule has 1 saturated carbocycles. The maximum Gasteiger partial charge on any atom is 0.271 e. The highest BCUT2D eigenvalue weighted by Gasteiger charge is 2.26. The first-order chi connectivity index (χ1) is 13.1. The number of aromatic nitrogens is 1. The van der Waals surface area contributed by atoms with Crippen LogP contribution in [0.3, 0.4) is 0 Å². The van der Waals surface area contributed by atoms with E-state index in [0.29, 0.717) is 5.92 Å². The van der Waals surface area contributed by atoms with Crippen LogP contribution in [0.2, 0.25) is 0 Å².